The van der Waals surface area contributed by atoms with Crippen molar-refractivity contribution in [2.75, 3.05) is 6.54 Å². The molecule has 2 aromatic rings. The van der Waals surface area contributed by atoms with Crippen LogP contribution in [0.5, 0.6) is 0 Å². The van der Waals surface area contributed by atoms with Gasteiger partial charge in [-0.25, -0.2) is 4.68 Å². The van der Waals surface area contributed by atoms with Crippen LogP contribution in [0, 0.1) is 13.8 Å². The third-order valence-corrected chi connectivity index (χ3v) is 3.49. The Bertz CT molecular complexity index is 690. The second-order valence-electron chi connectivity index (χ2n) is 5.49. The number of hydrogen-bond acceptors (Lipinski definition) is 3. The molecule has 6 heteroatoms. The lowest BCUT2D eigenvalue weighted by molar-refractivity contribution is -0.137. The zero-order valence-corrected chi connectivity index (χ0v) is 13.4. The first-order valence-corrected chi connectivity index (χ1v) is 7.61. The molecule has 0 fully saturated rings. The van der Waals surface area contributed by atoms with E-state index >= 15 is 0 Å². The van der Waals surface area contributed by atoms with Crippen molar-refractivity contribution < 1.29 is 14.7 Å². The molecular formula is C17H21N3O3. The van der Waals surface area contributed by atoms with Crippen molar-refractivity contribution in [1.82, 2.24) is 15.1 Å². The molecular weight excluding hydrogens is 294 g/mol. The van der Waals surface area contributed by atoms with Crippen LogP contribution in [0.15, 0.2) is 30.3 Å². The molecule has 0 aliphatic heterocycles. The smallest absolute Gasteiger partial charge is 0.303 e. The van der Waals surface area contributed by atoms with Crippen LogP contribution in [-0.2, 0) is 4.79 Å². The van der Waals surface area contributed by atoms with Crippen molar-refractivity contribution in [1.29, 1.82) is 0 Å². The van der Waals surface area contributed by atoms with E-state index < -0.39 is 5.97 Å². The van der Waals surface area contributed by atoms with Crippen LogP contribution >= 0.6 is 0 Å². The Morgan fingerprint density at radius 3 is 2.43 bits per heavy atom. The Hall–Kier alpha value is -2.63. The van der Waals surface area contributed by atoms with Gasteiger partial charge in [-0.3, -0.25) is 9.59 Å². The summed E-state index contributed by atoms with van der Waals surface area (Å²) in [6.45, 7) is 4.40. The highest BCUT2D eigenvalue weighted by Gasteiger charge is 2.07. The van der Waals surface area contributed by atoms with Crippen molar-refractivity contribution in [2.24, 2.45) is 0 Å². The monoisotopic (exact) mass is 315 g/mol. The minimum atomic E-state index is -0.809. The number of nitrogens with one attached hydrogen (secondary N) is 1. The lowest BCUT2D eigenvalue weighted by Gasteiger charge is -2.07. The molecule has 0 radical (unpaired) electrons. The number of hydrogen-bond donors (Lipinski definition) is 2. The van der Waals surface area contributed by atoms with Crippen LogP contribution in [0.3, 0.4) is 0 Å². The Morgan fingerprint density at radius 2 is 1.87 bits per heavy atom. The van der Waals surface area contributed by atoms with Crippen molar-refractivity contribution in [3.8, 4) is 5.69 Å². The van der Waals surface area contributed by atoms with E-state index in [4.69, 9.17) is 5.11 Å². The van der Waals surface area contributed by atoms with Crippen molar-refractivity contribution >= 4 is 11.9 Å². The van der Waals surface area contributed by atoms with E-state index in [1.165, 1.54) is 0 Å². The summed E-state index contributed by atoms with van der Waals surface area (Å²) in [6, 6.07) is 9.24. The molecule has 2 rings (SSSR count). The minimum absolute atomic E-state index is 0.132. The van der Waals surface area contributed by atoms with Gasteiger partial charge in [0, 0.05) is 24.2 Å². The quantitative estimate of drug-likeness (QED) is 0.769. The van der Waals surface area contributed by atoms with Gasteiger partial charge in [0.1, 0.15) is 0 Å². The van der Waals surface area contributed by atoms with E-state index in [9.17, 15) is 9.59 Å². The summed E-state index contributed by atoms with van der Waals surface area (Å²) < 4.78 is 1.84. The van der Waals surface area contributed by atoms with E-state index in [1.807, 2.05) is 36.7 Å². The molecule has 0 saturated heterocycles. The van der Waals surface area contributed by atoms with Crippen LogP contribution in [-0.4, -0.2) is 33.3 Å². The third kappa shape index (κ3) is 4.67. The summed E-state index contributed by atoms with van der Waals surface area (Å²) >= 11 is 0. The van der Waals surface area contributed by atoms with Gasteiger partial charge in [-0.05, 0) is 57.0 Å². The van der Waals surface area contributed by atoms with E-state index in [2.05, 4.69) is 10.4 Å². The predicted octanol–water partition coefficient (Wildman–Crippen LogP) is 2.47. The molecule has 1 aromatic heterocycles. The number of rotatable bonds is 7. The summed E-state index contributed by atoms with van der Waals surface area (Å²) in [4.78, 5) is 22.4. The van der Waals surface area contributed by atoms with Gasteiger partial charge < -0.3 is 10.4 Å². The molecule has 0 aliphatic carbocycles. The molecule has 0 spiro atoms. The van der Waals surface area contributed by atoms with Crippen LogP contribution in [0.2, 0.25) is 0 Å². The molecule has 0 bridgehead atoms. The SMILES string of the molecule is Cc1cc(C)n(-c2ccc(C(=O)NCCCCC(=O)O)cc2)n1. The first kappa shape index (κ1) is 16.7. The van der Waals surface area contributed by atoms with Gasteiger partial charge in [0.25, 0.3) is 5.91 Å². The normalized spacial score (nSPS) is 10.5. The molecule has 1 heterocycles. The van der Waals surface area contributed by atoms with Crippen LogP contribution in [0.25, 0.3) is 5.69 Å². The van der Waals surface area contributed by atoms with E-state index in [1.54, 1.807) is 12.1 Å². The lowest BCUT2D eigenvalue weighted by atomic mass is 10.2. The van der Waals surface area contributed by atoms with Crippen LogP contribution < -0.4 is 5.32 Å². The highest BCUT2D eigenvalue weighted by molar-refractivity contribution is 5.94. The molecule has 0 unspecified atom stereocenters. The van der Waals surface area contributed by atoms with Gasteiger partial charge in [-0.2, -0.15) is 5.10 Å². The van der Waals surface area contributed by atoms with Crippen LogP contribution in [0.4, 0.5) is 0 Å². The lowest BCUT2D eigenvalue weighted by Crippen LogP contribution is -2.24. The second kappa shape index (κ2) is 7.58. The average molecular weight is 315 g/mol. The number of carbonyl (C=O) groups excluding carboxylic acids is 1. The van der Waals surface area contributed by atoms with Crippen LogP contribution in [0.1, 0.15) is 41.0 Å². The zero-order valence-electron chi connectivity index (χ0n) is 13.4. The van der Waals surface area contributed by atoms with Gasteiger partial charge in [0.2, 0.25) is 0 Å². The number of aromatic nitrogens is 2. The topological polar surface area (TPSA) is 84.2 Å². The summed E-state index contributed by atoms with van der Waals surface area (Å²) in [7, 11) is 0. The first-order chi connectivity index (χ1) is 11.0. The zero-order chi connectivity index (χ0) is 16.8. The maximum atomic E-state index is 12.0. The molecule has 1 aromatic carbocycles. The third-order valence-electron chi connectivity index (χ3n) is 3.49. The molecule has 0 atom stereocenters. The second-order valence-corrected chi connectivity index (χ2v) is 5.49. The predicted molar refractivity (Wildman–Crippen MR) is 86.9 cm³/mol. The van der Waals surface area contributed by atoms with Gasteiger partial charge in [-0.15, -0.1) is 0 Å². The standard InChI is InChI=1S/C17H21N3O3/c1-12-11-13(2)20(19-12)15-8-6-14(7-9-15)17(23)18-10-4-3-5-16(21)22/h6-9,11H,3-5,10H2,1-2H3,(H,18,23)(H,21,22). The van der Waals surface area contributed by atoms with E-state index in [-0.39, 0.29) is 12.3 Å². The summed E-state index contributed by atoms with van der Waals surface area (Å²) in [5, 5.41) is 15.7. The minimum Gasteiger partial charge on any atom is -0.481 e. The highest BCUT2D eigenvalue weighted by atomic mass is 16.4. The number of amides is 1. The number of carboxylic acids is 1. The fraction of sp³-hybridized carbons (Fsp3) is 0.353. The molecule has 122 valence electrons. The summed E-state index contributed by atoms with van der Waals surface area (Å²) in [5.74, 6) is -0.962. The summed E-state index contributed by atoms with van der Waals surface area (Å²) in [5.41, 5.74) is 3.48. The Labute approximate surface area is 135 Å². The molecule has 6 nitrogen and oxygen atoms in total. The fourth-order valence-corrected chi connectivity index (χ4v) is 2.35. The van der Waals surface area contributed by atoms with E-state index in [0.717, 1.165) is 17.1 Å². The Balaban J connectivity index is 1.90. The Kier molecular flexibility index (Phi) is 5.51. The molecule has 23 heavy (non-hydrogen) atoms. The molecule has 0 saturated carbocycles. The van der Waals surface area contributed by atoms with Gasteiger partial charge in [0.15, 0.2) is 0 Å². The van der Waals surface area contributed by atoms with Gasteiger partial charge in [-0.1, -0.05) is 0 Å². The Morgan fingerprint density at radius 1 is 1.17 bits per heavy atom. The molecule has 1 amide bonds. The maximum Gasteiger partial charge on any atom is 0.303 e. The average Bonchev–Trinajstić information content (AvgIpc) is 2.85. The largest absolute Gasteiger partial charge is 0.481 e. The first-order valence-electron chi connectivity index (χ1n) is 7.61. The molecule has 2 N–H and O–H groups in total. The number of aryl methyl sites for hydroxylation is 2. The van der Waals surface area contributed by atoms with Crippen molar-refractivity contribution in [3.05, 3.63) is 47.3 Å². The number of unbranched alkanes of at least 4 members (excludes halogenated alkanes) is 1. The number of nitrogens with zero attached hydrogens (tertiary/aromatic N) is 2. The number of benzene rings is 1. The number of carboxylic acid groups (broad SMARTS) is 1. The highest BCUT2D eigenvalue weighted by Crippen LogP contribution is 2.13. The fourth-order valence-electron chi connectivity index (χ4n) is 2.35. The number of carbonyl (C=O) groups is 2. The van der Waals surface area contributed by atoms with E-state index in [0.29, 0.717) is 24.9 Å². The van der Waals surface area contributed by atoms with Crippen molar-refractivity contribution in [3.63, 3.8) is 0 Å². The summed E-state index contributed by atoms with van der Waals surface area (Å²) in [6.07, 6.45) is 1.35. The maximum absolute atomic E-state index is 12.0. The van der Waals surface area contributed by atoms with Gasteiger partial charge in [0.05, 0.1) is 11.4 Å². The molecule has 0 aliphatic rings. The van der Waals surface area contributed by atoms with Gasteiger partial charge >= 0.3 is 5.97 Å². The number of aliphatic carboxylic acids is 1. The van der Waals surface area contributed by atoms with Crippen molar-refractivity contribution in [2.45, 2.75) is 33.1 Å².